The summed E-state index contributed by atoms with van der Waals surface area (Å²) in [6, 6.07) is 0.408. The van der Waals surface area contributed by atoms with E-state index in [9.17, 15) is 0 Å². The number of nitrogens with two attached hydrogens (primary N) is 1. The molecule has 2 heteroatoms. The molecule has 0 aromatic heterocycles. The van der Waals surface area contributed by atoms with Crippen molar-refractivity contribution in [3.05, 3.63) is 0 Å². The van der Waals surface area contributed by atoms with Crippen LogP contribution in [0.2, 0.25) is 0 Å². The van der Waals surface area contributed by atoms with E-state index >= 15 is 0 Å². The van der Waals surface area contributed by atoms with Crippen molar-refractivity contribution in [2.24, 2.45) is 34.8 Å². The first-order valence-corrected chi connectivity index (χ1v) is 8.28. The Balaban J connectivity index is 1.98. The number of rotatable bonds is 2. The normalized spacial score (nSPS) is 44.2. The van der Waals surface area contributed by atoms with Gasteiger partial charge in [0, 0.05) is 25.7 Å². The summed E-state index contributed by atoms with van der Waals surface area (Å²) in [7, 11) is 0. The SMILES string of the molecule is CC1CC(C)CN(CC2CCC(N)C(C)C2(C)C)C1. The van der Waals surface area contributed by atoms with E-state index < -0.39 is 0 Å². The van der Waals surface area contributed by atoms with Crippen molar-refractivity contribution < 1.29 is 0 Å². The second-order valence-electron chi connectivity index (χ2n) is 8.21. The first-order valence-electron chi connectivity index (χ1n) is 8.28. The predicted octanol–water partition coefficient (Wildman–Crippen LogP) is 3.36. The summed E-state index contributed by atoms with van der Waals surface area (Å²) < 4.78 is 0. The molecule has 0 aromatic carbocycles. The summed E-state index contributed by atoms with van der Waals surface area (Å²) in [5, 5.41) is 0. The van der Waals surface area contributed by atoms with Gasteiger partial charge < -0.3 is 10.6 Å². The summed E-state index contributed by atoms with van der Waals surface area (Å²) in [6.07, 6.45) is 3.94. The molecule has 0 amide bonds. The smallest absolute Gasteiger partial charge is 0.00698 e. The van der Waals surface area contributed by atoms with Crippen molar-refractivity contribution in [1.82, 2.24) is 4.90 Å². The number of likely N-dealkylation sites (tertiary alicyclic amines) is 1. The third-order valence-corrected chi connectivity index (χ3v) is 6.14. The van der Waals surface area contributed by atoms with Gasteiger partial charge in [0.2, 0.25) is 0 Å². The third-order valence-electron chi connectivity index (χ3n) is 6.14. The van der Waals surface area contributed by atoms with Crippen LogP contribution in [0.15, 0.2) is 0 Å². The van der Waals surface area contributed by atoms with E-state index in [1.807, 2.05) is 0 Å². The van der Waals surface area contributed by atoms with Gasteiger partial charge in [-0.25, -0.2) is 0 Å². The Hall–Kier alpha value is -0.0800. The molecule has 19 heavy (non-hydrogen) atoms. The molecule has 2 rings (SSSR count). The fourth-order valence-electron chi connectivity index (χ4n) is 4.52. The van der Waals surface area contributed by atoms with Gasteiger partial charge >= 0.3 is 0 Å². The zero-order valence-electron chi connectivity index (χ0n) is 13.7. The van der Waals surface area contributed by atoms with Crippen LogP contribution in [0.1, 0.15) is 53.9 Å². The van der Waals surface area contributed by atoms with Gasteiger partial charge in [0.1, 0.15) is 0 Å². The first kappa shape index (κ1) is 15.3. The molecule has 112 valence electrons. The quantitative estimate of drug-likeness (QED) is 0.830. The average molecular weight is 266 g/mol. The van der Waals surface area contributed by atoms with Gasteiger partial charge in [-0.3, -0.25) is 0 Å². The van der Waals surface area contributed by atoms with Crippen LogP contribution in [-0.2, 0) is 0 Å². The maximum Gasteiger partial charge on any atom is 0.00698 e. The van der Waals surface area contributed by atoms with Crippen molar-refractivity contribution in [2.45, 2.75) is 59.9 Å². The Morgan fingerprint density at radius 1 is 1.05 bits per heavy atom. The van der Waals surface area contributed by atoms with Crippen LogP contribution in [0, 0.1) is 29.1 Å². The average Bonchev–Trinajstić information content (AvgIpc) is 2.29. The molecule has 0 radical (unpaired) electrons. The Morgan fingerprint density at radius 2 is 1.63 bits per heavy atom. The Morgan fingerprint density at radius 3 is 2.21 bits per heavy atom. The number of piperidine rings is 1. The molecule has 1 heterocycles. The van der Waals surface area contributed by atoms with Crippen molar-refractivity contribution in [3.63, 3.8) is 0 Å². The highest BCUT2D eigenvalue weighted by Gasteiger charge is 2.42. The van der Waals surface area contributed by atoms with Crippen molar-refractivity contribution in [1.29, 1.82) is 0 Å². The van der Waals surface area contributed by atoms with E-state index in [1.54, 1.807) is 0 Å². The molecular weight excluding hydrogens is 232 g/mol. The van der Waals surface area contributed by atoms with Crippen molar-refractivity contribution in [3.8, 4) is 0 Å². The van der Waals surface area contributed by atoms with Gasteiger partial charge in [-0.15, -0.1) is 0 Å². The summed E-state index contributed by atoms with van der Waals surface area (Å²) in [5.74, 6) is 3.20. The highest BCUT2D eigenvalue weighted by Crippen LogP contribution is 2.45. The first-order chi connectivity index (χ1) is 8.80. The van der Waals surface area contributed by atoms with Gasteiger partial charge in [-0.05, 0) is 48.3 Å². The number of hydrogen-bond acceptors (Lipinski definition) is 2. The van der Waals surface area contributed by atoms with E-state index in [4.69, 9.17) is 5.73 Å². The lowest BCUT2D eigenvalue weighted by Crippen LogP contribution is -2.51. The zero-order chi connectivity index (χ0) is 14.2. The Bertz CT molecular complexity index is 290. The number of hydrogen-bond donors (Lipinski definition) is 1. The van der Waals surface area contributed by atoms with E-state index in [-0.39, 0.29) is 0 Å². The molecule has 5 unspecified atom stereocenters. The summed E-state index contributed by atoms with van der Waals surface area (Å²) in [4.78, 5) is 2.73. The van der Waals surface area contributed by atoms with Crippen LogP contribution in [0.5, 0.6) is 0 Å². The minimum atomic E-state index is 0.390. The van der Waals surface area contributed by atoms with Crippen LogP contribution >= 0.6 is 0 Å². The maximum atomic E-state index is 6.28. The van der Waals surface area contributed by atoms with Crippen molar-refractivity contribution in [2.75, 3.05) is 19.6 Å². The molecule has 1 saturated heterocycles. The molecule has 2 nitrogen and oxygen atoms in total. The second-order valence-corrected chi connectivity index (χ2v) is 8.21. The molecule has 2 fully saturated rings. The largest absolute Gasteiger partial charge is 0.327 e. The molecule has 2 N–H and O–H groups in total. The van der Waals surface area contributed by atoms with Crippen molar-refractivity contribution >= 4 is 0 Å². The lowest BCUT2D eigenvalue weighted by atomic mass is 9.61. The summed E-state index contributed by atoms with van der Waals surface area (Å²) in [5.41, 5.74) is 6.67. The van der Waals surface area contributed by atoms with Crippen LogP contribution in [0.3, 0.4) is 0 Å². The molecule has 1 aliphatic heterocycles. The van der Waals surface area contributed by atoms with E-state index in [2.05, 4.69) is 39.5 Å². The van der Waals surface area contributed by atoms with Gasteiger partial charge in [0.15, 0.2) is 0 Å². The van der Waals surface area contributed by atoms with Gasteiger partial charge in [0.25, 0.3) is 0 Å². The lowest BCUT2D eigenvalue weighted by Gasteiger charge is -2.49. The summed E-state index contributed by atoms with van der Waals surface area (Å²) in [6.45, 7) is 16.0. The molecule has 0 aromatic rings. The topological polar surface area (TPSA) is 29.3 Å². The van der Waals surface area contributed by atoms with Crippen LogP contribution < -0.4 is 5.73 Å². The maximum absolute atomic E-state index is 6.28. The van der Waals surface area contributed by atoms with Gasteiger partial charge in [-0.2, -0.15) is 0 Å². The molecule has 1 aliphatic carbocycles. The Labute approximate surface area is 120 Å². The molecule has 0 spiro atoms. The predicted molar refractivity (Wildman–Crippen MR) is 83.0 cm³/mol. The molecule has 0 bridgehead atoms. The highest BCUT2D eigenvalue weighted by atomic mass is 15.1. The molecule has 5 atom stereocenters. The van der Waals surface area contributed by atoms with Crippen LogP contribution in [0.4, 0.5) is 0 Å². The van der Waals surface area contributed by atoms with E-state index in [1.165, 1.54) is 38.9 Å². The monoisotopic (exact) mass is 266 g/mol. The minimum absolute atomic E-state index is 0.390. The standard InChI is InChI=1S/C17H34N2/c1-12-8-13(2)10-19(9-12)11-15-6-7-16(18)14(3)17(15,4)5/h12-16H,6-11,18H2,1-5H3. The zero-order valence-corrected chi connectivity index (χ0v) is 13.7. The van der Waals surface area contributed by atoms with E-state index in [0.29, 0.717) is 17.4 Å². The number of nitrogens with zero attached hydrogens (tertiary/aromatic N) is 1. The Kier molecular flexibility index (Phi) is 4.62. The fourth-order valence-corrected chi connectivity index (χ4v) is 4.52. The second kappa shape index (κ2) is 5.73. The van der Waals surface area contributed by atoms with Crippen LogP contribution in [0.25, 0.3) is 0 Å². The van der Waals surface area contributed by atoms with Gasteiger partial charge in [0.05, 0.1) is 0 Å². The van der Waals surface area contributed by atoms with Crippen LogP contribution in [-0.4, -0.2) is 30.6 Å². The summed E-state index contributed by atoms with van der Waals surface area (Å²) >= 11 is 0. The lowest BCUT2D eigenvalue weighted by molar-refractivity contribution is 0.0134. The highest BCUT2D eigenvalue weighted by molar-refractivity contribution is 4.95. The third kappa shape index (κ3) is 3.33. The van der Waals surface area contributed by atoms with E-state index in [0.717, 1.165) is 17.8 Å². The molecule has 1 saturated carbocycles. The van der Waals surface area contributed by atoms with Gasteiger partial charge in [-0.1, -0.05) is 34.6 Å². The molecular formula is C17H34N2. The minimum Gasteiger partial charge on any atom is -0.327 e. The fraction of sp³-hybridized carbons (Fsp3) is 1.00. The molecule has 2 aliphatic rings.